The molecule has 1 heterocycles. The van der Waals surface area contributed by atoms with Crippen LogP contribution in [0.2, 0.25) is 5.02 Å². The van der Waals surface area contributed by atoms with E-state index < -0.39 is 16.0 Å². The van der Waals surface area contributed by atoms with Crippen LogP contribution in [0.25, 0.3) is 10.8 Å². The Balaban J connectivity index is 0.000000235. The molecule has 0 radical (unpaired) electrons. The molecule has 0 bridgehead atoms. The Kier molecular flexibility index (Phi) is 17.1. The quantitative estimate of drug-likeness (QED) is 0.143. The van der Waals surface area contributed by atoms with E-state index in [2.05, 4.69) is 86.6 Å². The average molecular weight is 723 g/mol. The standard InChI is InChI=1S/C21H26ClNO.C16H21NO2.CHCl3/c1-21(17-7-4-3-5-8-17,18-10-12-19(22)13-11-18)24-16-14-20-9-6-15-23(20)2;1-12(2)17-10-14(18)11-19-16-9-5-7-13-6-3-4-8-15(13)16;2-1(3)4/h3-5,7-8,10-13,20H,6,9,14-16H2,1-2H3;3-9,12,14,17-18H,10-11H2,1-2H3;1H/t20-,21-;;/m1../s1. The SMILES string of the molecule is CC(C)NCC(O)COc1cccc2ccccc12.CN1CCC[C@@H]1CCO[C@](C)(c1ccccc1)c1ccc(Cl)cc1.ClC(Cl)Cl. The molecular weight excluding hydrogens is 674 g/mol. The summed E-state index contributed by atoms with van der Waals surface area (Å²) in [5.41, 5.74) is 1.85. The molecule has 1 unspecified atom stereocenters. The van der Waals surface area contributed by atoms with Crippen LogP contribution in [0, 0.1) is 0 Å². The Morgan fingerprint density at radius 3 is 2.15 bits per heavy atom. The highest BCUT2D eigenvalue weighted by molar-refractivity contribution is 6.63. The molecular formula is C38H48Cl4N2O3. The summed E-state index contributed by atoms with van der Waals surface area (Å²) in [5, 5.41) is 16.0. The number of nitrogens with zero attached hydrogens (tertiary/aromatic N) is 1. The first kappa shape index (κ1) is 39.4. The fraction of sp³-hybridized carbons (Fsp3) is 0.421. The van der Waals surface area contributed by atoms with Gasteiger partial charge >= 0.3 is 0 Å². The van der Waals surface area contributed by atoms with Gasteiger partial charge in [-0.25, -0.2) is 0 Å². The highest BCUT2D eigenvalue weighted by Crippen LogP contribution is 2.34. The monoisotopic (exact) mass is 720 g/mol. The first-order valence-electron chi connectivity index (χ1n) is 16.1. The van der Waals surface area contributed by atoms with E-state index in [1.807, 2.05) is 48.5 Å². The molecule has 4 aromatic carbocycles. The highest BCUT2D eigenvalue weighted by Gasteiger charge is 2.30. The molecule has 9 heteroatoms. The highest BCUT2D eigenvalue weighted by atomic mass is 35.6. The van der Waals surface area contributed by atoms with Gasteiger partial charge < -0.3 is 24.8 Å². The van der Waals surface area contributed by atoms with Gasteiger partial charge in [0, 0.05) is 35.6 Å². The number of aliphatic hydroxyl groups is 1. The molecule has 0 amide bonds. The van der Waals surface area contributed by atoms with Crippen molar-refractivity contribution in [2.24, 2.45) is 0 Å². The first-order chi connectivity index (χ1) is 22.5. The van der Waals surface area contributed by atoms with Crippen LogP contribution in [-0.2, 0) is 10.3 Å². The van der Waals surface area contributed by atoms with Crippen LogP contribution >= 0.6 is 46.4 Å². The van der Waals surface area contributed by atoms with Crippen LogP contribution in [0.15, 0.2) is 97.1 Å². The van der Waals surface area contributed by atoms with E-state index in [0.29, 0.717) is 25.2 Å². The van der Waals surface area contributed by atoms with Crippen molar-refractivity contribution in [3.05, 3.63) is 113 Å². The van der Waals surface area contributed by atoms with Crippen molar-refractivity contribution in [2.75, 3.05) is 33.4 Å². The van der Waals surface area contributed by atoms with Gasteiger partial charge in [0.1, 0.15) is 24.1 Å². The third-order valence-electron chi connectivity index (χ3n) is 8.18. The van der Waals surface area contributed by atoms with Crippen molar-refractivity contribution in [1.82, 2.24) is 10.2 Å². The average Bonchev–Trinajstić information content (AvgIpc) is 3.47. The summed E-state index contributed by atoms with van der Waals surface area (Å²) in [5.74, 6) is 0.821. The minimum Gasteiger partial charge on any atom is -0.490 e. The lowest BCUT2D eigenvalue weighted by Crippen LogP contribution is -2.35. The maximum Gasteiger partial charge on any atom is 0.180 e. The zero-order valence-electron chi connectivity index (χ0n) is 27.7. The number of ether oxygens (including phenoxy) is 2. The van der Waals surface area contributed by atoms with Gasteiger partial charge in [0.2, 0.25) is 0 Å². The number of rotatable bonds is 12. The predicted molar refractivity (Wildman–Crippen MR) is 201 cm³/mol. The molecule has 2 N–H and O–H groups in total. The minimum absolute atomic E-state index is 0.299. The number of hydrogen-bond donors (Lipinski definition) is 2. The Morgan fingerprint density at radius 1 is 0.894 bits per heavy atom. The van der Waals surface area contributed by atoms with Crippen LogP contribution in [0.5, 0.6) is 5.75 Å². The number of halogens is 4. The van der Waals surface area contributed by atoms with Crippen LogP contribution in [0.1, 0.15) is 51.2 Å². The molecule has 256 valence electrons. The maximum atomic E-state index is 9.84. The van der Waals surface area contributed by atoms with Gasteiger partial charge in [-0.2, -0.15) is 0 Å². The summed E-state index contributed by atoms with van der Waals surface area (Å²) >= 11 is 20.5. The largest absolute Gasteiger partial charge is 0.490 e. The third-order valence-corrected chi connectivity index (χ3v) is 8.43. The molecule has 0 aromatic heterocycles. The summed E-state index contributed by atoms with van der Waals surface area (Å²) in [4.78, 5) is 2.45. The number of hydrogen-bond acceptors (Lipinski definition) is 5. The predicted octanol–water partition coefficient (Wildman–Crippen LogP) is 9.67. The first-order valence-corrected chi connectivity index (χ1v) is 17.8. The summed E-state index contributed by atoms with van der Waals surface area (Å²) < 4.78 is 11.5. The lowest BCUT2D eigenvalue weighted by Gasteiger charge is -2.32. The number of fused-ring (bicyclic) bond motifs is 1. The Morgan fingerprint density at radius 2 is 1.51 bits per heavy atom. The number of likely N-dealkylation sites (tertiary alicyclic amines) is 1. The second kappa shape index (κ2) is 20.5. The molecule has 1 aliphatic heterocycles. The molecule has 1 saturated heterocycles. The van der Waals surface area contributed by atoms with E-state index in [4.69, 9.17) is 55.9 Å². The van der Waals surface area contributed by atoms with E-state index in [-0.39, 0.29) is 0 Å². The van der Waals surface area contributed by atoms with Crippen molar-refractivity contribution < 1.29 is 14.6 Å². The fourth-order valence-corrected chi connectivity index (χ4v) is 5.66. The molecule has 5 nitrogen and oxygen atoms in total. The van der Waals surface area contributed by atoms with E-state index in [9.17, 15) is 5.11 Å². The molecule has 0 saturated carbocycles. The smallest absolute Gasteiger partial charge is 0.180 e. The fourth-order valence-electron chi connectivity index (χ4n) is 5.54. The van der Waals surface area contributed by atoms with Gasteiger partial charge in [0.25, 0.3) is 0 Å². The van der Waals surface area contributed by atoms with Crippen molar-refractivity contribution in [2.45, 2.75) is 68.1 Å². The molecule has 0 spiro atoms. The molecule has 4 aromatic rings. The molecule has 47 heavy (non-hydrogen) atoms. The molecule has 1 aliphatic rings. The van der Waals surface area contributed by atoms with Gasteiger partial charge in [-0.15, -0.1) is 0 Å². The van der Waals surface area contributed by atoms with Gasteiger partial charge in [-0.05, 0) is 74.5 Å². The third kappa shape index (κ3) is 13.4. The zero-order valence-corrected chi connectivity index (χ0v) is 30.7. The lowest BCUT2D eigenvalue weighted by molar-refractivity contribution is -0.0117. The summed E-state index contributed by atoms with van der Waals surface area (Å²) in [7, 11) is 2.22. The van der Waals surface area contributed by atoms with E-state index in [0.717, 1.165) is 40.1 Å². The summed E-state index contributed by atoms with van der Waals surface area (Å²) in [6, 6.07) is 33.5. The second-order valence-electron chi connectivity index (χ2n) is 12.1. The van der Waals surface area contributed by atoms with Gasteiger partial charge in [0.15, 0.2) is 4.30 Å². The Hall–Kier alpha value is -2.06. The van der Waals surface area contributed by atoms with Crippen LogP contribution in [0.3, 0.4) is 0 Å². The number of aliphatic hydroxyl groups excluding tert-OH is 1. The number of benzene rings is 4. The van der Waals surface area contributed by atoms with E-state index >= 15 is 0 Å². The molecule has 3 atom stereocenters. The van der Waals surface area contributed by atoms with Crippen LogP contribution < -0.4 is 10.1 Å². The van der Waals surface area contributed by atoms with E-state index in [1.54, 1.807) is 0 Å². The van der Waals surface area contributed by atoms with Gasteiger partial charge in [-0.1, -0.05) is 139 Å². The van der Waals surface area contributed by atoms with Crippen molar-refractivity contribution in [1.29, 1.82) is 0 Å². The van der Waals surface area contributed by atoms with Crippen molar-refractivity contribution >= 4 is 57.2 Å². The van der Waals surface area contributed by atoms with Crippen LogP contribution in [0.4, 0.5) is 0 Å². The zero-order chi connectivity index (χ0) is 34.2. The maximum absolute atomic E-state index is 9.84. The van der Waals surface area contributed by atoms with Crippen LogP contribution in [-0.4, -0.2) is 65.8 Å². The second-order valence-corrected chi connectivity index (χ2v) is 14.5. The molecule has 0 aliphatic carbocycles. The van der Waals surface area contributed by atoms with Gasteiger partial charge in [-0.3, -0.25) is 0 Å². The lowest BCUT2D eigenvalue weighted by atomic mass is 9.88. The van der Waals surface area contributed by atoms with Crippen molar-refractivity contribution in [3.63, 3.8) is 0 Å². The van der Waals surface area contributed by atoms with E-state index in [1.165, 1.54) is 24.9 Å². The van der Waals surface area contributed by atoms with Crippen molar-refractivity contribution in [3.8, 4) is 5.75 Å². The Bertz CT molecular complexity index is 1430. The molecule has 5 rings (SSSR count). The molecule has 1 fully saturated rings. The summed E-state index contributed by atoms with van der Waals surface area (Å²) in [6.45, 7) is 9.07. The Labute approximate surface area is 301 Å². The normalized spacial score (nSPS) is 16.6. The number of alkyl halides is 3. The minimum atomic E-state index is -0.750. The number of nitrogens with one attached hydrogen (secondary N) is 1. The summed E-state index contributed by atoms with van der Waals surface area (Å²) in [6.07, 6.45) is 3.16. The van der Waals surface area contributed by atoms with Gasteiger partial charge in [0.05, 0.1) is 0 Å². The topological polar surface area (TPSA) is 54.0 Å².